The lowest BCUT2D eigenvalue weighted by Crippen LogP contribution is -2.30. The number of para-hydroxylation sites is 1. The van der Waals surface area contributed by atoms with E-state index in [-0.39, 0.29) is 11.3 Å². The van der Waals surface area contributed by atoms with Gasteiger partial charge in [-0.15, -0.1) is 0 Å². The molecule has 1 aromatic carbocycles. The molecule has 1 N–H and O–H groups in total. The van der Waals surface area contributed by atoms with Crippen molar-refractivity contribution < 1.29 is 14.1 Å². The number of nitrogens with one attached hydrogen (secondary N) is 1. The first-order valence-electron chi connectivity index (χ1n) is 6.96. The molecule has 2 rings (SSSR count). The van der Waals surface area contributed by atoms with Gasteiger partial charge in [-0.3, -0.25) is 4.79 Å². The van der Waals surface area contributed by atoms with Crippen LogP contribution in [0.1, 0.15) is 33.5 Å². The molecule has 0 aliphatic carbocycles. The highest BCUT2D eigenvalue weighted by Crippen LogP contribution is 2.26. The van der Waals surface area contributed by atoms with Crippen molar-refractivity contribution in [1.29, 1.82) is 0 Å². The summed E-state index contributed by atoms with van der Waals surface area (Å²) in [6.07, 6.45) is -0.713. The molecule has 6 heteroatoms. The van der Waals surface area contributed by atoms with E-state index in [0.717, 1.165) is 0 Å². The minimum atomic E-state index is -0.713. The fourth-order valence-electron chi connectivity index (χ4n) is 1.70. The summed E-state index contributed by atoms with van der Waals surface area (Å²) < 4.78 is 10.8. The summed E-state index contributed by atoms with van der Waals surface area (Å²) in [5.74, 6) is 1.20. The maximum Gasteiger partial charge on any atom is 0.266 e. The first kappa shape index (κ1) is 16.4. The lowest BCUT2D eigenvalue weighted by Gasteiger charge is -2.14. The molecule has 1 heterocycles. The Morgan fingerprint density at radius 1 is 1.36 bits per heavy atom. The van der Waals surface area contributed by atoms with Crippen LogP contribution in [-0.4, -0.2) is 17.2 Å². The molecule has 2 aromatic rings. The molecule has 0 fully saturated rings. The highest BCUT2D eigenvalue weighted by atomic mass is 35.5. The second kappa shape index (κ2) is 6.40. The highest BCUT2D eigenvalue weighted by Gasteiger charge is 2.22. The van der Waals surface area contributed by atoms with E-state index in [2.05, 4.69) is 10.5 Å². The van der Waals surface area contributed by atoms with Gasteiger partial charge in [0, 0.05) is 11.5 Å². The summed E-state index contributed by atoms with van der Waals surface area (Å²) in [7, 11) is 0. The number of hydrogen-bond donors (Lipinski definition) is 1. The van der Waals surface area contributed by atoms with Gasteiger partial charge >= 0.3 is 0 Å². The van der Waals surface area contributed by atoms with Gasteiger partial charge in [-0.25, -0.2) is 0 Å². The fraction of sp³-hybridized carbons (Fsp3) is 0.375. The van der Waals surface area contributed by atoms with Gasteiger partial charge in [0.05, 0.1) is 5.02 Å². The molecule has 1 atom stereocenters. The van der Waals surface area contributed by atoms with Gasteiger partial charge in [0.15, 0.2) is 11.9 Å². The van der Waals surface area contributed by atoms with Crippen molar-refractivity contribution in [2.75, 3.05) is 5.32 Å². The van der Waals surface area contributed by atoms with Crippen LogP contribution in [0.25, 0.3) is 0 Å². The van der Waals surface area contributed by atoms with Crippen molar-refractivity contribution in [2.24, 2.45) is 0 Å². The molecule has 1 aromatic heterocycles. The van der Waals surface area contributed by atoms with E-state index < -0.39 is 6.10 Å². The van der Waals surface area contributed by atoms with E-state index in [4.69, 9.17) is 20.9 Å². The van der Waals surface area contributed by atoms with E-state index in [9.17, 15) is 4.79 Å². The third-order valence-corrected chi connectivity index (χ3v) is 3.32. The summed E-state index contributed by atoms with van der Waals surface area (Å²) in [6.45, 7) is 7.65. The van der Waals surface area contributed by atoms with E-state index in [0.29, 0.717) is 22.4 Å². The first-order valence-corrected chi connectivity index (χ1v) is 7.34. The zero-order valence-electron chi connectivity index (χ0n) is 13.0. The molecular weight excluding hydrogens is 304 g/mol. The molecule has 0 aliphatic rings. The SMILES string of the molecule is C[C@H](Oc1ccccc1Cl)C(=O)Nc1cc(C(C)(C)C)on1. The normalized spacial score (nSPS) is 12.8. The minimum absolute atomic E-state index is 0.171. The smallest absolute Gasteiger partial charge is 0.266 e. The first-order chi connectivity index (χ1) is 10.3. The Balaban J connectivity index is 2.00. The van der Waals surface area contributed by atoms with Gasteiger partial charge in [-0.05, 0) is 19.1 Å². The number of hydrogen-bond acceptors (Lipinski definition) is 4. The number of aromatic nitrogens is 1. The molecular formula is C16H19ClN2O3. The Morgan fingerprint density at radius 2 is 2.05 bits per heavy atom. The van der Waals surface area contributed by atoms with Crippen molar-refractivity contribution >= 4 is 23.3 Å². The summed E-state index contributed by atoms with van der Waals surface area (Å²) in [4.78, 5) is 12.1. The van der Waals surface area contributed by atoms with Gasteiger partial charge in [-0.2, -0.15) is 0 Å². The Labute approximate surface area is 134 Å². The second-order valence-electron chi connectivity index (χ2n) is 6.01. The molecule has 0 bridgehead atoms. The summed E-state index contributed by atoms with van der Waals surface area (Å²) in [5.41, 5.74) is -0.171. The van der Waals surface area contributed by atoms with Gasteiger partial charge in [0.2, 0.25) is 0 Å². The maximum absolute atomic E-state index is 12.1. The molecule has 22 heavy (non-hydrogen) atoms. The molecule has 0 saturated carbocycles. The molecule has 5 nitrogen and oxygen atoms in total. The van der Waals surface area contributed by atoms with E-state index in [1.165, 1.54) is 0 Å². The van der Waals surface area contributed by atoms with Gasteiger partial charge in [-0.1, -0.05) is 49.7 Å². The van der Waals surface area contributed by atoms with Crippen molar-refractivity contribution in [3.8, 4) is 5.75 Å². The third kappa shape index (κ3) is 4.01. The summed E-state index contributed by atoms with van der Waals surface area (Å²) >= 11 is 6.00. The van der Waals surface area contributed by atoms with Crippen molar-refractivity contribution in [2.45, 2.75) is 39.2 Å². The summed E-state index contributed by atoms with van der Waals surface area (Å²) in [5, 5.41) is 6.96. The van der Waals surface area contributed by atoms with Crippen LogP contribution in [0.4, 0.5) is 5.82 Å². The predicted molar refractivity (Wildman–Crippen MR) is 85.4 cm³/mol. The van der Waals surface area contributed by atoms with Crippen LogP contribution in [0.3, 0.4) is 0 Å². The molecule has 118 valence electrons. The van der Waals surface area contributed by atoms with E-state index >= 15 is 0 Å². The Kier molecular flexibility index (Phi) is 4.76. The monoisotopic (exact) mass is 322 g/mol. The summed E-state index contributed by atoms with van der Waals surface area (Å²) in [6, 6.07) is 8.71. The fourth-order valence-corrected chi connectivity index (χ4v) is 1.88. The number of nitrogens with zero attached hydrogens (tertiary/aromatic N) is 1. The molecule has 0 saturated heterocycles. The van der Waals surface area contributed by atoms with Crippen molar-refractivity contribution in [3.63, 3.8) is 0 Å². The average Bonchev–Trinajstić information content (AvgIpc) is 2.89. The molecule has 0 aliphatic heterocycles. The predicted octanol–water partition coefficient (Wildman–Crippen LogP) is 4.03. The highest BCUT2D eigenvalue weighted by molar-refractivity contribution is 6.32. The number of anilines is 1. The zero-order chi connectivity index (χ0) is 16.3. The lowest BCUT2D eigenvalue weighted by molar-refractivity contribution is -0.122. The van der Waals surface area contributed by atoms with E-state index in [1.807, 2.05) is 20.8 Å². The van der Waals surface area contributed by atoms with Gasteiger partial charge < -0.3 is 14.6 Å². The van der Waals surface area contributed by atoms with Crippen LogP contribution in [0.2, 0.25) is 5.02 Å². The van der Waals surface area contributed by atoms with Crippen LogP contribution < -0.4 is 10.1 Å². The molecule has 0 spiro atoms. The number of halogens is 1. The van der Waals surface area contributed by atoms with Crippen LogP contribution >= 0.6 is 11.6 Å². The molecule has 0 radical (unpaired) electrons. The lowest BCUT2D eigenvalue weighted by atomic mass is 9.93. The molecule has 0 unspecified atom stereocenters. The zero-order valence-corrected chi connectivity index (χ0v) is 13.8. The number of carbonyl (C=O) groups excluding carboxylic acids is 1. The number of benzene rings is 1. The maximum atomic E-state index is 12.1. The number of ether oxygens (including phenoxy) is 1. The van der Waals surface area contributed by atoms with Crippen LogP contribution in [0, 0.1) is 0 Å². The van der Waals surface area contributed by atoms with Crippen LogP contribution in [0.15, 0.2) is 34.9 Å². The number of rotatable bonds is 4. The third-order valence-electron chi connectivity index (χ3n) is 3.01. The van der Waals surface area contributed by atoms with Gasteiger partial charge in [0.25, 0.3) is 5.91 Å². The van der Waals surface area contributed by atoms with Crippen LogP contribution in [-0.2, 0) is 10.2 Å². The minimum Gasteiger partial charge on any atom is -0.479 e. The van der Waals surface area contributed by atoms with Gasteiger partial charge in [0.1, 0.15) is 11.5 Å². The van der Waals surface area contributed by atoms with Crippen molar-refractivity contribution in [1.82, 2.24) is 5.16 Å². The second-order valence-corrected chi connectivity index (χ2v) is 6.41. The Hall–Kier alpha value is -2.01. The number of amides is 1. The number of carbonyl (C=O) groups is 1. The average molecular weight is 323 g/mol. The topological polar surface area (TPSA) is 64.4 Å². The van der Waals surface area contributed by atoms with Crippen LogP contribution in [0.5, 0.6) is 5.75 Å². The molecule has 1 amide bonds. The quantitative estimate of drug-likeness (QED) is 0.923. The Morgan fingerprint density at radius 3 is 2.64 bits per heavy atom. The largest absolute Gasteiger partial charge is 0.479 e. The standard InChI is InChI=1S/C16H19ClN2O3/c1-10(21-12-8-6-5-7-11(12)17)15(20)18-14-9-13(22-19-14)16(2,3)4/h5-10H,1-4H3,(H,18,19,20)/t10-/m0/s1. The Bertz CT molecular complexity index is 661. The van der Waals surface area contributed by atoms with Crippen molar-refractivity contribution in [3.05, 3.63) is 41.1 Å². The van der Waals surface area contributed by atoms with E-state index in [1.54, 1.807) is 37.3 Å².